The molecule has 0 fully saturated rings. The highest BCUT2D eigenvalue weighted by Gasteiger charge is 2.18. The summed E-state index contributed by atoms with van der Waals surface area (Å²) in [6.07, 6.45) is 0.611. The normalized spacial score (nSPS) is 14.6. The van der Waals surface area contributed by atoms with Crippen molar-refractivity contribution >= 4 is 40.7 Å². The molecule has 2 rings (SSSR count). The number of amides is 2. The smallest absolute Gasteiger partial charge is 0.267 e. The van der Waals surface area contributed by atoms with Gasteiger partial charge in [0.1, 0.15) is 5.71 Å². The van der Waals surface area contributed by atoms with Crippen LogP contribution in [0.5, 0.6) is 0 Å². The molecule has 19 heavy (non-hydrogen) atoms. The van der Waals surface area contributed by atoms with Crippen molar-refractivity contribution in [3.63, 3.8) is 0 Å². The Kier molecular flexibility index (Phi) is 4.39. The SMILES string of the molecule is O=C1CCC(C(=O)NCc2ccc(Cl)cc2Cl)=NN1. The monoisotopic (exact) mass is 299 g/mol. The Hall–Kier alpha value is -1.59. The van der Waals surface area contributed by atoms with Gasteiger partial charge in [-0.1, -0.05) is 29.3 Å². The third kappa shape index (κ3) is 3.68. The van der Waals surface area contributed by atoms with Crippen LogP contribution in [-0.2, 0) is 16.1 Å². The number of carbonyl (C=O) groups excluding carboxylic acids is 2. The number of nitrogens with zero attached hydrogens (tertiary/aromatic N) is 1. The second-order valence-corrected chi connectivity index (χ2v) is 4.86. The molecular formula is C12H11Cl2N3O2. The molecule has 1 heterocycles. The average Bonchev–Trinajstić information content (AvgIpc) is 2.38. The van der Waals surface area contributed by atoms with E-state index in [1.807, 2.05) is 0 Å². The molecule has 1 aromatic carbocycles. The minimum absolute atomic E-state index is 0.183. The van der Waals surface area contributed by atoms with Gasteiger partial charge in [0.05, 0.1) is 0 Å². The Labute approximate surface area is 120 Å². The van der Waals surface area contributed by atoms with Crippen LogP contribution in [0.4, 0.5) is 0 Å². The molecule has 2 N–H and O–H groups in total. The number of benzene rings is 1. The molecule has 0 aliphatic carbocycles. The van der Waals surface area contributed by atoms with Gasteiger partial charge in [0.15, 0.2) is 0 Å². The number of nitrogens with one attached hydrogen (secondary N) is 2. The molecule has 1 aliphatic heterocycles. The maximum atomic E-state index is 11.8. The van der Waals surface area contributed by atoms with Gasteiger partial charge in [-0.05, 0) is 17.7 Å². The maximum Gasteiger partial charge on any atom is 0.267 e. The van der Waals surface area contributed by atoms with Gasteiger partial charge >= 0.3 is 0 Å². The summed E-state index contributed by atoms with van der Waals surface area (Å²) in [5, 5.41) is 7.44. The molecule has 100 valence electrons. The standard InChI is InChI=1S/C12H11Cl2N3O2/c13-8-2-1-7(9(14)5-8)6-15-12(19)10-3-4-11(18)17-16-10/h1-2,5H,3-4,6H2,(H,15,19)(H,17,18). The van der Waals surface area contributed by atoms with Crippen molar-refractivity contribution in [2.75, 3.05) is 0 Å². The third-order valence-electron chi connectivity index (χ3n) is 2.62. The van der Waals surface area contributed by atoms with Crippen LogP contribution < -0.4 is 10.7 Å². The Bertz CT molecular complexity index is 558. The van der Waals surface area contributed by atoms with Gasteiger partial charge in [0, 0.05) is 29.4 Å². The minimum Gasteiger partial charge on any atom is -0.347 e. The van der Waals surface area contributed by atoms with Crippen molar-refractivity contribution in [2.45, 2.75) is 19.4 Å². The summed E-state index contributed by atoms with van der Waals surface area (Å²) in [7, 11) is 0. The fourth-order valence-corrected chi connectivity index (χ4v) is 2.06. The summed E-state index contributed by atoms with van der Waals surface area (Å²) in [5.41, 5.74) is 3.35. The molecule has 0 saturated heterocycles. The maximum absolute atomic E-state index is 11.8. The van der Waals surface area contributed by atoms with E-state index in [4.69, 9.17) is 23.2 Å². The molecule has 0 unspecified atom stereocenters. The first-order chi connectivity index (χ1) is 9.06. The first-order valence-electron chi connectivity index (χ1n) is 5.64. The van der Waals surface area contributed by atoms with Crippen molar-refractivity contribution in [2.24, 2.45) is 5.10 Å². The lowest BCUT2D eigenvalue weighted by Gasteiger charge is -2.12. The minimum atomic E-state index is -0.314. The van der Waals surface area contributed by atoms with Crippen LogP contribution in [0, 0.1) is 0 Å². The van der Waals surface area contributed by atoms with Crippen molar-refractivity contribution in [3.05, 3.63) is 33.8 Å². The van der Waals surface area contributed by atoms with Gasteiger partial charge < -0.3 is 5.32 Å². The van der Waals surface area contributed by atoms with E-state index in [1.165, 1.54) is 0 Å². The summed E-state index contributed by atoms with van der Waals surface area (Å²) >= 11 is 11.8. The molecule has 5 nitrogen and oxygen atoms in total. The topological polar surface area (TPSA) is 70.6 Å². The van der Waals surface area contributed by atoms with E-state index in [-0.39, 0.29) is 24.8 Å². The van der Waals surface area contributed by atoms with E-state index < -0.39 is 0 Å². The van der Waals surface area contributed by atoms with E-state index in [0.29, 0.717) is 22.2 Å². The van der Waals surface area contributed by atoms with Gasteiger partial charge in [-0.3, -0.25) is 9.59 Å². The lowest BCUT2D eigenvalue weighted by Crippen LogP contribution is -2.36. The lowest BCUT2D eigenvalue weighted by atomic mass is 10.1. The van der Waals surface area contributed by atoms with Crippen LogP contribution in [0.15, 0.2) is 23.3 Å². The van der Waals surface area contributed by atoms with E-state index in [1.54, 1.807) is 18.2 Å². The van der Waals surface area contributed by atoms with Gasteiger partial charge in [-0.25, -0.2) is 5.43 Å². The molecule has 0 spiro atoms. The number of carbonyl (C=O) groups is 2. The summed E-state index contributed by atoms with van der Waals surface area (Å²) in [6, 6.07) is 5.06. The Morgan fingerprint density at radius 3 is 2.79 bits per heavy atom. The van der Waals surface area contributed by atoms with E-state index in [9.17, 15) is 9.59 Å². The number of halogens is 2. The lowest BCUT2D eigenvalue weighted by molar-refractivity contribution is -0.121. The molecule has 0 radical (unpaired) electrons. The first kappa shape index (κ1) is 13.8. The van der Waals surface area contributed by atoms with Crippen LogP contribution in [0.3, 0.4) is 0 Å². The van der Waals surface area contributed by atoms with Gasteiger partial charge in [-0.15, -0.1) is 0 Å². The highest BCUT2D eigenvalue weighted by atomic mass is 35.5. The molecule has 2 amide bonds. The Balaban J connectivity index is 1.95. The van der Waals surface area contributed by atoms with Gasteiger partial charge in [-0.2, -0.15) is 5.10 Å². The summed E-state index contributed by atoms with van der Waals surface area (Å²) in [4.78, 5) is 22.7. The molecule has 0 atom stereocenters. The number of hydrogen-bond acceptors (Lipinski definition) is 3. The first-order valence-corrected chi connectivity index (χ1v) is 6.39. The second kappa shape index (κ2) is 6.04. The zero-order valence-corrected chi connectivity index (χ0v) is 11.4. The summed E-state index contributed by atoms with van der Waals surface area (Å²) in [5.74, 6) is -0.497. The zero-order chi connectivity index (χ0) is 13.8. The van der Waals surface area contributed by atoms with Crippen LogP contribution in [-0.4, -0.2) is 17.5 Å². The van der Waals surface area contributed by atoms with Crippen LogP contribution >= 0.6 is 23.2 Å². The Morgan fingerprint density at radius 1 is 1.37 bits per heavy atom. The zero-order valence-electron chi connectivity index (χ0n) is 9.87. The van der Waals surface area contributed by atoms with Crippen LogP contribution in [0.1, 0.15) is 18.4 Å². The van der Waals surface area contributed by atoms with Crippen LogP contribution in [0.2, 0.25) is 10.0 Å². The highest BCUT2D eigenvalue weighted by Crippen LogP contribution is 2.20. The highest BCUT2D eigenvalue weighted by molar-refractivity contribution is 6.39. The van der Waals surface area contributed by atoms with Crippen LogP contribution in [0.25, 0.3) is 0 Å². The number of rotatable bonds is 3. The van der Waals surface area contributed by atoms with E-state index in [0.717, 1.165) is 5.56 Å². The number of hydrazone groups is 1. The molecular weight excluding hydrogens is 289 g/mol. The molecule has 1 aromatic rings. The molecule has 0 aromatic heterocycles. The average molecular weight is 300 g/mol. The van der Waals surface area contributed by atoms with E-state index >= 15 is 0 Å². The van der Waals surface area contributed by atoms with Crippen molar-refractivity contribution < 1.29 is 9.59 Å². The fraction of sp³-hybridized carbons (Fsp3) is 0.250. The molecule has 1 aliphatic rings. The second-order valence-electron chi connectivity index (χ2n) is 4.01. The quantitative estimate of drug-likeness (QED) is 0.894. The summed E-state index contributed by atoms with van der Waals surface area (Å²) < 4.78 is 0. The fourth-order valence-electron chi connectivity index (χ4n) is 1.58. The van der Waals surface area contributed by atoms with Crippen molar-refractivity contribution in [1.82, 2.24) is 10.7 Å². The summed E-state index contributed by atoms with van der Waals surface area (Å²) in [6.45, 7) is 0.280. The van der Waals surface area contributed by atoms with Crippen molar-refractivity contribution in [3.8, 4) is 0 Å². The van der Waals surface area contributed by atoms with Crippen molar-refractivity contribution in [1.29, 1.82) is 0 Å². The predicted octanol–water partition coefficient (Wildman–Crippen LogP) is 1.88. The predicted molar refractivity (Wildman–Crippen MR) is 73.1 cm³/mol. The molecule has 7 heteroatoms. The molecule has 0 saturated carbocycles. The third-order valence-corrected chi connectivity index (χ3v) is 3.21. The largest absolute Gasteiger partial charge is 0.347 e. The number of hydrogen-bond donors (Lipinski definition) is 2. The molecule has 0 bridgehead atoms. The van der Waals surface area contributed by atoms with E-state index in [2.05, 4.69) is 15.8 Å². The van der Waals surface area contributed by atoms with Gasteiger partial charge in [0.25, 0.3) is 5.91 Å². The van der Waals surface area contributed by atoms with Gasteiger partial charge in [0.2, 0.25) is 5.91 Å². The Morgan fingerprint density at radius 2 is 2.16 bits per heavy atom.